The summed E-state index contributed by atoms with van der Waals surface area (Å²) in [6.45, 7) is 1.65. The zero-order chi connectivity index (χ0) is 10.6. The number of amides is 1. The second-order valence-corrected chi connectivity index (χ2v) is 2.91. The fourth-order valence-electron chi connectivity index (χ4n) is 1.04. The van der Waals surface area contributed by atoms with Crippen LogP contribution in [0, 0.1) is 6.92 Å². The molecule has 4 nitrogen and oxygen atoms in total. The van der Waals surface area contributed by atoms with Crippen LogP contribution in [0.4, 0.5) is 0 Å². The molecule has 2 N–H and O–H groups in total. The Morgan fingerprint density at radius 1 is 1.57 bits per heavy atom. The summed E-state index contributed by atoms with van der Waals surface area (Å²) in [5, 5.41) is 0. The molecule has 0 aliphatic rings. The van der Waals surface area contributed by atoms with Crippen LogP contribution in [0.25, 0.3) is 0 Å². The van der Waals surface area contributed by atoms with Gasteiger partial charge >= 0.3 is 0 Å². The molecule has 0 spiro atoms. The average molecular weight is 193 g/mol. The minimum absolute atomic E-state index is 0.218. The predicted octanol–water partition coefficient (Wildman–Crippen LogP) is 0.672. The van der Waals surface area contributed by atoms with Crippen LogP contribution in [0.1, 0.15) is 15.9 Å². The molecule has 0 aliphatic heterocycles. The van der Waals surface area contributed by atoms with E-state index in [2.05, 4.69) is 0 Å². The van der Waals surface area contributed by atoms with Crippen molar-refractivity contribution in [2.45, 2.75) is 6.92 Å². The first-order valence-corrected chi connectivity index (χ1v) is 4.10. The molecule has 0 bridgehead atoms. The van der Waals surface area contributed by atoms with E-state index in [9.17, 15) is 9.59 Å². The van der Waals surface area contributed by atoms with Crippen LogP contribution in [-0.2, 0) is 4.79 Å². The van der Waals surface area contributed by atoms with Crippen LogP contribution in [0.2, 0.25) is 0 Å². The van der Waals surface area contributed by atoms with Crippen molar-refractivity contribution < 1.29 is 14.3 Å². The van der Waals surface area contributed by atoms with Crippen LogP contribution < -0.4 is 10.5 Å². The average Bonchev–Trinajstić information content (AvgIpc) is 2.15. The van der Waals surface area contributed by atoms with E-state index in [1.54, 1.807) is 18.2 Å². The van der Waals surface area contributed by atoms with Crippen molar-refractivity contribution in [3.8, 4) is 5.75 Å². The highest BCUT2D eigenvalue weighted by molar-refractivity contribution is 5.80. The van der Waals surface area contributed by atoms with E-state index in [-0.39, 0.29) is 6.61 Å². The molecule has 0 saturated carbocycles. The number of carbonyl (C=O) groups is 2. The molecule has 74 valence electrons. The quantitative estimate of drug-likeness (QED) is 0.714. The molecule has 0 aliphatic carbocycles. The molecule has 0 unspecified atom stereocenters. The fourth-order valence-corrected chi connectivity index (χ4v) is 1.04. The van der Waals surface area contributed by atoms with Gasteiger partial charge in [0.1, 0.15) is 5.75 Å². The van der Waals surface area contributed by atoms with Gasteiger partial charge in [-0.3, -0.25) is 9.59 Å². The fraction of sp³-hybridized carbons (Fsp3) is 0.200. The van der Waals surface area contributed by atoms with Gasteiger partial charge < -0.3 is 10.5 Å². The first-order valence-electron chi connectivity index (χ1n) is 4.10. The van der Waals surface area contributed by atoms with Gasteiger partial charge in [-0.15, -0.1) is 0 Å². The summed E-state index contributed by atoms with van der Waals surface area (Å²) in [4.78, 5) is 21.1. The van der Waals surface area contributed by atoms with Crippen molar-refractivity contribution in [2.75, 3.05) is 6.61 Å². The molecule has 0 fully saturated rings. The summed E-state index contributed by atoms with van der Waals surface area (Å²) in [5.41, 5.74) is 6.29. The van der Waals surface area contributed by atoms with Crippen LogP contribution >= 0.6 is 0 Å². The number of hydrogen-bond donors (Lipinski definition) is 1. The maximum atomic E-state index is 10.6. The van der Waals surface area contributed by atoms with Crippen molar-refractivity contribution in [1.82, 2.24) is 0 Å². The van der Waals surface area contributed by atoms with Gasteiger partial charge in [0.05, 0.1) is 5.56 Å². The zero-order valence-corrected chi connectivity index (χ0v) is 7.82. The number of nitrogens with two attached hydrogens (primary N) is 1. The Bertz CT molecular complexity index is 360. The van der Waals surface area contributed by atoms with Gasteiger partial charge in [0.25, 0.3) is 5.91 Å². The Morgan fingerprint density at radius 3 is 2.86 bits per heavy atom. The van der Waals surface area contributed by atoms with E-state index in [0.717, 1.165) is 5.56 Å². The lowest BCUT2D eigenvalue weighted by Gasteiger charge is -2.06. The third-order valence-corrected chi connectivity index (χ3v) is 1.66. The van der Waals surface area contributed by atoms with E-state index in [4.69, 9.17) is 10.5 Å². The zero-order valence-electron chi connectivity index (χ0n) is 7.82. The SMILES string of the molecule is Cc1ccc(OCC(N)=O)c(C=O)c1. The highest BCUT2D eigenvalue weighted by Crippen LogP contribution is 2.17. The Labute approximate surface area is 81.7 Å². The Balaban J connectivity index is 2.85. The molecule has 0 heterocycles. The lowest BCUT2D eigenvalue weighted by molar-refractivity contribution is -0.119. The molecule has 1 amide bonds. The Hall–Kier alpha value is -1.84. The summed E-state index contributed by atoms with van der Waals surface area (Å²) >= 11 is 0. The molecular weight excluding hydrogens is 182 g/mol. The van der Waals surface area contributed by atoms with E-state index >= 15 is 0 Å². The summed E-state index contributed by atoms with van der Waals surface area (Å²) < 4.78 is 5.04. The minimum Gasteiger partial charge on any atom is -0.483 e. The second-order valence-electron chi connectivity index (χ2n) is 2.91. The summed E-state index contributed by atoms with van der Waals surface area (Å²) in [7, 11) is 0. The highest BCUT2D eigenvalue weighted by atomic mass is 16.5. The highest BCUT2D eigenvalue weighted by Gasteiger charge is 2.04. The molecule has 0 saturated heterocycles. The van der Waals surface area contributed by atoms with E-state index in [1.807, 2.05) is 6.92 Å². The molecule has 0 radical (unpaired) electrons. The first kappa shape index (κ1) is 10.2. The van der Waals surface area contributed by atoms with Gasteiger partial charge in [-0.05, 0) is 19.1 Å². The largest absolute Gasteiger partial charge is 0.483 e. The molecule has 4 heteroatoms. The summed E-state index contributed by atoms with van der Waals surface area (Å²) in [6.07, 6.45) is 0.684. The number of aldehydes is 1. The van der Waals surface area contributed by atoms with Gasteiger partial charge in [-0.1, -0.05) is 11.6 Å². The lowest BCUT2D eigenvalue weighted by Crippen LogP contribution is -2.20. The van der Waals surface area contributed by atoms with Crippen LogP contribution in [0.5, 0.6) is 5.75 Å². The Kier molecular flexibility index (Phi) is 3.23. The number of benzene rings is 1. The predicted molar refractivity (Wildman–Crippen MR) is 51.3 cm³/mol. The third kappa shape index (κ3) is 2.58. The molecule has 0 atom stereocenters. The van der Waals surface area contributed by atoms with E-state index < -0.39 is 5.91 Å². The van der Waals surface area contributed by atoms with E-state index in [1.165, 1.54) is 0 Å². The van der Waals surface area contributed by atoms with Gasteiger partial charge in [-0.25, -0.2) is 0 Å². The molecule has 1 rings (SSSR count). The Morgan fingerprint density at radius 2 is 2.29 bits per heavy atom. The number of primary amides is 1. The smallest absolute Gasteiger partial charge is 0.255 e. The van der Waals surface area contributed by atoms with Crippen LogP contribution in [0.15, 0.2) is 18.2 Å². The second kappa shape index (κ2) is 4.41. The van der Waals surface area contributed by atoms with Crippen LogP contribution in [0.3, 0.4) is 0 Å². The van der Waals surface area contributed by atoms with Crippen molar-refractivity contribution >= 4 is 12.2 Å². The molecule has 0 aromatic heterocycles. The normalized spacial score (nSPS) is 9.50. The number of rotatable bonds is 4. The summed E-state index contributed by atoms with van der Waals surface area (Å²) in [6, 6.07) is 5.12. The van der Waals surface area contributed by atoms with Gasteiger partial charge in [0.15, 0.2) is 12.9 Å². The number of aryl methyl sites for hydroxylation is 1. The number of ether oxygens (including phenoxy) is 1. The topological polar surface area (TPSA) is 69.4 Å². The van der Waals surface area contributed by atoms with Gasteiger partial charge in [0, 0.05) is 0 Å². The third-order valence-electron chi connectivity index (χ3n) is 1.66. The number of carbonyl (C=O) groups excluding carboxylic acids is 2. The maximum absolute atomic E-state index is 10.6. The number of hydrogen-bond acceptors (Lipinski definition) is 3. The minimum atomic E-state index is -0.567. The molecular formula is C10H11NO3. The molecule has 14 heavy (non-hydrogen) atoms. The molecule has 1 aromatic carbocycles. The maximum Gasteiger partial charge on any atom is 0.255 e. The molecule has 1 aromatic rings. The first-order chi connectivity index (χ1) is 6.63. The van der Waals surface area contributed by atoms with Crippen molar-refractivity contribution in [3.05, 3.63) is 29.3 Å². The van der Waals surface area contributed by atoms with E-state index in [0.29, 0.717) is 17.6 Å². The van der Waals surface area contributed by atoms with Crippen molar-refractivity contribution in [1.29, 1.82) is 0 Å². The van der Waals surface area contributed by atoms with Crippen molar-refractivity contribution in [3.63, 3.8) is 0 Å². The van der Waals surface area contributed by atoms with Gasteiger partial charge in [-0.2, -0.15) is 0 Å². The summed E-state index contributed by atoms with van der Waals surface area (Å²) in [5.74, 6) is -0.188. The van der Waals surface area contributed by atoms with Gasteiger partial charge in [0.2, 0.25) is 0 Å². The standard InChI is InChI=1S/C10H11NO3/c1-7-2-3-9(8(4-7)5-12)14-6-10(11)13/h2-5H,6H2,1H3,(H2,11,13). The monoisotopic (exact) mass is 193 g/mol. The van der Waals surface area contributed by atoms with Crippen molar-refractivity contribution in [2.24, 2.45) is 5.73 Å². The van der Waals surface area contributed by atoms with Crippen LogP contribution in [-0.4, -0.2) is 18.8 Å². The lowest BCUT2D eigenvalue weighted by atomic mass is 10.1.